The Labute approximate surface area is 122 Å². The molecule has 0 saturated carbocycles. The zero-order valence-electron chi connectivity index (χ0n) is 12.2. The molecule has 0 radical (unpaired) electrons. The normalized spacial score (nSPS) is 15.7. The summed E-state index contributed by atoms with van der Waals surface area (Å²) >= 11 is 0. The first kappa shape index (κ1) is 15.0. The molecule has 108 valence electrons. The van der Waals surface area contributed by atoms with Crippen LogP contribution in [0.25, 0.3) is 0 Å². The predicted octanol–water partition coefficient (Wildman–Crippen LogP) is 3.27. The van der Waals surface area contributed by atoms with E-state index in [1.807, 2.05) is 12.2 Å². The smallest absolute Gasteiger partial charge is 0.0917 e. The maximum atomic E-state index is 10.4. The SMILES string of the molecule is C=CCN(CC=C)CC(O)c1ccc2c(c1)CCCC2. The van der Waals surface area contributed by atoms with Gasteiger partial charge in [-0.25, -0.2) is 0 Å². The second-order valence-electron chi connectivity index (χ2n) is 5.55. The van der Waals surface area contributed by atoms with Crippen LogP contribution in [0, 0.1) is 0 Å². The molecule has 1 unspecified atom stereocenters. The van der Waals surface area contributed by atoms with Crippen LogP contribution in [0.3, 0.4) is 0 Å². The van der Waals surface area contributed by atoms with Crippen LogP contribution in [0.1, 0.15) is 35.6 Å². The van der Waals surface area contributed by atoms with Gasteiger partial charge in [-0.1, -0.05) is 30.4 Å². The second kappa shape index (κ2) is 7.41. The van der Waals surface area contributed by atoms with Crippen LogP contribution in [0.4, 0.5) is 0 Å². The predicted molar refractivity (Wildman–Crippen MR) is 84.9 cm³/mol. The first-order chi connectivity index (χ1) is 9.74. The van der Waals surface area contributed by atoms with Gasteiger partial charge in [-0.05, 0) is 42.4 Å². The van der Waals surface area contributed by atoms with E-state index in [1.165, 1.54) is 30.4 Å². The lowest BCUT2D eigenvalue weighted by Gasteiger charge is -2.24. The van der Waals surface area contributed by atoms with Gasteiger partial charge in [0.25, 0.3) is 0 Å². The van der Waals surface area contributed by atoms with Gasteiger partial charge in [-0.3, -0.25) is 4.90 Å². The van der Waals surface area contributed by atoms with E-state index in [1.54, 1.807) is 0 Å². The zero-order chi connectivity index (χ0) is 14.4. The Bertz CT molecular complexity index is 456. The van der Waals surface area contributed by atoms with Crippen molar-refractivity contribution in [3.8, 4) is 0 Å². The quantitative estimate of drug-likeness (QED) is 0.769. The summed E-state index contributed by atoms with van der Waals surface area (Å²) in [5.74, 6) is 0. The molecule has 1 aromatic carbocycles. The highest BCUT2D eigenvalue weighted by Crippen LogP contribution is 2.25. The molecule has 2 nitrogen and oxygen atoms in total. The number of aryl methyl sites for hydroxylation is 2. The van der Waals surface area contributed by atoms with Crippen molar-refractivity contribution in [1.82, 2.24) is 4.90 Å². The Balaban J connectivity index is 2.05. The van der Waals surface area contributed by atoms with Crippen LogP contribution < -0.4 is 0 Å². The van der Waals surface area contributed by atoms with Gasteiger partial charge in [0.1, 0.15) is 0 Å². The summed E-state index contributed by atoms with van der Waals surface area (Å²) in [7, 11) is 0. The molecule has 0 amide bonds. The van der Waals surface area contributed by atoms with Gasteiger partial charge < -0.3 is 5.11 Å². The van der Waals surface area contributed by atoms with Crippen molar-refractivity contribution in [1.29, 1.82) is 0 Å². The lowest BCUT2D eigenvalue weighted by atomic mass is 9.89. The van der Waals surface area contributed by atoms with Gasteiger partial charge in [-0.2, -0.15) is 0 Å². The third-order valence-electron chi connectivity index (χ3n) is 3.96. The number of hydrogen-bond donors (Lipinski definition) is 1. The molecule has 20 heavy (non-hydrogen) atoms. The first-order valence-corrected chi connectivity index (χ1v) is 7.48. The fourth-order valence-electron chi connectivity index (χ4n) is 2.90. The van der Waals surface area contributed by atoms with Crippen LogP contribution >= 0.6 is 0 Å². The van der Waals surface area contributed by atoms with Gasteiger partial charge in [0.2, 0.25) is 0 Å². The number of hydrogen-bond acceptors (Lipinski definition) is 2. The molecule has 0 spiro atoms. The summed E-state index contributed by atoms with van der Waals surface area (Å²) in [6.07, 6.45) is 8.19. The fraction of sp³-hybridized carbons (Fsp3) is 0.444. The van der Waals surface area contributed by atoms with Gasteiger partial charge in [0.15, 0.2) is 0 Å². The number of rotatable bonds is 7. The van der Waals surface area contributed by atoms with E-state index in [0.29, 0.717) is 6.54 Å². The Morgan fingerprint density at radius 3 is 2.40 bits per heavy atom. The van der Waals surface area contributed by atoms with E-state index in [0.717, 1.165) is 25.1 Å². The van der Waals surface area contributed by atoms with Crippen molar-refractivity contribution in [2.24, 2.45) is 0 Å². The highest BCUT2D eigenvalue weighted by molar-refractivity contribution is 5.34. The van der Waals surface area contributed by atoms with Gasteiger partial charge in [0.05, 0.1) is 6.10 Å². The molecule has 1 aromatic rings. The first-order valence-electron chi connectivity index (χ1n) is 7.48. The molecule has 0 heterocycles. The molecule has 0 saturated heterocycles. The maximum Gasteiger partial charge on any atom is 0.0917 e. The van der Waals surface area contributed by atoms with Gasteiger partial charge in [0, 0.05) is 19.6 Å². The lowest BCUT2D eigenvalue weighted by Crippen LogP contribution is -2.29. The summed E-state index contributed by atoms with van der Waals surface area (Å²) in [4.78, 5) is 2.14. The molecule has 1 aliphatic carbocycles. The van der Waals surface area contributed by atoms with Crippen molar-refractivity contribution in [2.45, 2.75) is 31.8 Å². The number of nitrogens with zero attached hydrogens (tertiary/aromatic N) is 1. The number of benzene rings is 1. The summed E-state index contributed by atoms with van der Waals surface area (Å²) in [6.45, 7) is 9.69. The van der Waals surface area contributed by atoms with E-state index in [2.05, 4.69) is 36.3 Å². The van der Waals surface area contributed by atoms with E-state index in [-0.39, 0.29) is 0 Å². The highest BCUT2D eigenvalue weighted by atomic mass is 16.3. The van der Waals surface area contributed by atoms with Crippen molar-refractivity contribution in [2.75, 3.05) is 19.6 Å². The van der Waals surface area contributed by atoms with Crippen molar-refractivity contribution in [3.05, 3.63) is 60.2 Å². The molecular formula is C18H25NO. The molecular weight excluding hydrogens is 246 g/mol. The zero-order valence-corrected chi connectivity index (χ0v) is 12.2. The molecule has 1 N–H and O–H groups in total. The largest absolute Gasteiger partial charge is 0.387 e. The van der Waals surface area contributed by atoms with Crippen LogP contribution in [0.2, 0.25) is 0 Å². The lowest BCUT2D eigenvalue weighted by molar-refractivity contribution is 0.125. The van der Waals surface area contributed by atoms with Crippen LogP contribution in [0.5, 0.6) is 0 Å². The second-order valence-corrected chi connectivity index (χ2v) is 5.55. The summed E-state index contributed by atoms with van der Waals surface area (Å²) in [5.41, 5.74) is 3.91. The van der Waals surface area contributed by atoms with E-state index in [9.17, 15) is 5.11 Å². The minimum atomic E-state index is -0.442. The Morgan fingerprint density at radius 1 is 1.10 bits per heavy atom. The molecule has 2 heteroatoms. The molecule has 0 bridgehead atoms. The Kier molecular flexibility index (Phi) is 5.57. The topological polar surface area (TPSA) is 23.5 Å². The minimum absolute atomic E-state index is 0.442. The van der Waals surface area contributed by atoms with E-state index in [4.69, 9.17) is 0 Å². The monoisotopic (exact) mass is 271 g/mol. The van der Waals surface area contributed by atoms with Gasteiger partial charge in [-0.15, -0.1) is 13.2 Å². The average Bonchev–Trinajstić information content (AvgIpc) is 2.47. The molecule has 0 aliphatic heterocycles. The Hall–Kier alpha value is -1.38. The molecule has 2 rings (SSSR count). The fourth-order valence-corrected chi connectivity index (χ4v) is 2.90. The van der Waals surface area contributed by atoms with Gasteiger partial charge >= 0.3 is 0 Å². The molecule has 1 atom stereocenters. The highest BCUT2D eigenvalue weighted by Gasteiger charge is 2.15. The van der Waals surface area contributed by atoms with Crippen molar-refractivity contribution >= 4 is 0 Å². The number of aliphatic hydroxyl groups is 1. The van der Waals surface area contributed by atoms with Crippen molar-refractivity contribution < 1.29 is 5.11 Å². The van der Waals surface area contributed by atoms with Crippen molar-refractivity contribution in [3.63, 3.8) is 0 Å². The third-order valence-corrected chi connectivity index (χ3v) is 3.96. The van der Waals surface area contributed by atoms with Crippen LogP contribution in [0.15, 0.2) is 43.5 Å². The molecule has 0 fully saturated rings. The number of fused-ring (bicyclic) bond motifs is 1. The maximum absolute atomic E-state index is 10.4. The Morgan fingerprint density at radius 2 is 1.75 bits per heavy atom. The minimum Gasteiger partial charge on any atom is -0.387 e. The van der Waals surface area contributed by atoms with E-state index < -0.39 is 6.10 Å². The molecule has 1 aliphatic rings. The number of aliphatic hydroxyl groups excluding tert-OH is 1. The van der Waals surface area contributed by atoms with Crippen LogP contribution in [-0.2, 0) is 12.8 Å². The third kappa shape index (κ3) is 3.81. The standard InChI is InChI=1S/C18H25NO/c1-3-11-19(12-4-2)14-18(20)17-10-9-15-7-5-6-8-16(15)13-17/h3-4,9-10,13,18,20H,1-2,5-8,11-12,14H2. The summed E-state index contributed by atoms with van der Waals surface area (Å²) < 4.78 is 0. The van der Waals surface area contributed by atoms with E-state index >= 15 is 0 Å². The molecule has 0 aromatic heterocycles. The van der Waals surface area contributed by atoms with Crippen LogP contribution in [-0.4, -0.2) is 29.6 Å². The summed E-state index contributed by atoms with van der Waals surface area (Å²) in [6, 6.07) is 6.46. The average molecular weight is 271 g/mol. The summed E-state index contributed by atoms with van der Waals surface area (Å²) in [5, 5.41) is 10.4.